The molecule has 1 rings (SSSR count). The van der Waals surface area contributed by atoms with E-state index in [4.69, 9.17) is 10.8 Å². The van der Waals surface area contributed by atoms with Gasteiger partial charge in [0.25, 0.3) is 0 Å². The van der Waals surface area contributed by atoms with Gasteiger partial charge in [0.1, 0.15) is 6.04 Å². The van der Waals surface area contributed by atoms with Gasteiger partial charge >= 0.3 is 5.97 Å². The van der Waals surface area contributed by atoms with Crippen molar-refractivity contribution in [3.63, 3.8) is 0 Å². The molecular weight excluding hydrogens is 216 g/mol. The SMILES string of the molecule is CCC(C)(N)C(=O)N1CSCC1C(=O)O. The van der Waals surface area contributed by atoms with Gasteiger partial charge < -0.3 is 15.7 Å². The number of amides is 1. The van der Waals surface area contributed by atoms with E-state index in [1.807, 2.05) is 6.92 Å². The third kappa shape index (κ3) is 2.43. The van der Waals surface area contributed by atoms with Crippen molar-refractivity contribution in [3.05, 3.63) is 0 Å². The summed E-state index contributed by atoms with van der Waals surface area (Å²) in [7, 11) is 0. The number of nitrogens with two attached hydrogens (primary N) is 1. The van der Waals surface area contributed by atoms with E-state index in [1.165, 1.54) is 16.7 Å². The van der Waals surface area contributed by atoms with Crippen LogP contribution >= 0.6 is 11.8 Å². The molecule has 1 heterocycles. The minimum absolute atomic E-state index is 0.276. The third-order valence-electron chi connectivity index (χ3n) is 2.65. The number of nitrogens with zero attached hydrogens (tertiary/aromatic N) is 1. The molecule has 86 valence electrons. The number of carboxylic acids is 1. The predicted octanol–water partition coefficient (Wildman–Crippen LogP) is 0.0999. The van der Waals surface area contributed by atoms with Crippen molar-refractivity contribution in [2.75, 3.05) is 11.6 Å². The van der Waals surface area contributed by atoms with E-state index in [0.717, 1.165) is 0 Å². The first-order valence-corrected chi connectivity index (χ1v) is 5.96. The second-order valence-electron chi connectivity index (χ2n) is 3.90. The Morgan fingerprint density at radius 1 is 1.67 bits per heavy atom. The van der Waals surface area contributed by atoms with Crippen molar-refractivity contribution in [1.29, 1.82) is 0 Å². The molecule has 1 aliphatic rings. The first-order valence-electron chi connectivity index (χ1n) is 4.80. The minimum Gasteiger partial charge on any atom is -0.480 e. The number of hydrogen-bond donors (Lipinski definition) is 2. The van der Waals surface area contributed by atoms with Crippen LogP contribution in [0.4, 0.5) is 0 Å². The summed E-state index contributed by atoms with van der Waals surface area (Å²) >= 11 is 1.44. The molecule has 1 saturated heterocycles. The van der Waals surface area contributed by atoms with Gasteiger partial charge in [0.2, 0.25) is 5.91 Å². The van der Waals surface area contributed by atoms with Crippen molar-refractivity contribution >= 4 is 23.6 Å². The number of aliphatic carboxylic acids is 1. The van der Waals surface area contributed by atoms with E-state index in [2.05, 4.69) is 0 Å². The second-order valence-corrected chi connectivity index (χ2v) is 4.90. The Morgan fingerprint density at radius 2 is 2.27 bits per heavy atom. The average molecular weight is 232 g/mol. The highest BCUT2D eigenvalue weighted by Gasteiger charge is 2.40. The number of carbonyl (C=O) groups is 2. The Morgan fingerprint density at radius 3 is 2.73 bits per heavy atom. The lowest BCUT2D eigenvalue weighted by Gasteiger charge is -2.29. The maximum absolute atomic E-state index is 11.9. The number of carboxylic acid groups (broad SMARTS) is 1. The van der Waals surface area contributed by atoms with Crippen molar-refractivity contribution in [2.45, 2.75) is 31.8 Å². The van der Waals surface area contributed by atoms with E-state index in [0.29, 0.717) is 18.1 Å². The Kier molecular flexibility index (Phi) is 3.62. The lowest BCUT2D eigenvalue weighted by Crippen LogP contribution is -2.55. The molecule has 0 aliphatic carbocycles. The Balaban J connectivity index is 2.79. The molecule has 1 amide bonds. The molecule has 0 saturated carbocycles. The standard InChI is InChI=1S/C9H16N2O3S/c1-3-9(2,10)8(14)11-5-15-4-6(11)7(12)13/h6H,3-5,10H2,1-2H3,(H,12,13). The summed E-state index contributed by atoms with van der Waals surface area (Å²) < 4.78 is 0. The first-order chi connectivity index (χ1) is 6.90. The van der Waals surface area contributed by atoms with E-state index >= 15 is 0 Å². The molecule has 2 atom stereocenters. The highest BCUT2D eigenvalue weighted by molar-refractivity contribution is 7.99. The average Bonchev–Trinajstić information content (AvgIpc) is 2.64. The molecular formula is C9H16N2O3S. The van der Waals surface area contributed by atoms with Crippen LogP contribution in [0.15, 0.2) is 0 Å². The van der Waals surface area contributed by atoms with Gasteiger partial charge in [-0.2, -0.15) is 0 Å². The molecule has 0 aromatic carbocycles. The maximum atomic E-state index is 11.9. The fraction of sp³-hybridized carbons (Fsp3) is 0.778. The monoisotopic (exact) mass is 232 g/mol. The lowest BCUT2D eigenvalue weighted by atomic mass is 9.98. The maximum Gasteiger partial charge on any atom is 0.327 e. The van der Waals surface area contributed by atoms with Crippen LogP contribution in [0.5, 0.6) is 0 Å². The summed E-state index contributed by atoms with van der Waals surface area (Å²) in [5, 5.41) is 8.92. The molecule has 0 bridgehead atoms. The summed E-state index contributed by atoms with van der Waals surface area (Å²) in [4.78, 5) is 24.2. The van der Waals surface area contributed by atoms with Gasteiger partial charge in [-0.05, 0) is 13.3 Å². The Hall–Kier alpha value is -0.750. The van der Waals surface area contributed by atoms with Crippen LogP contribution in [0.25, 0.3) is 0 Å². The van der Waals surface area contributed by atoms with Crippen LogP contribution < -0.4 is 5.73 Å². The van der Waals surface area contributed by atoms with Crippen LogP contribution in [-0.2, 0) is 9.59 Å². The predicted molar refractivity (Wildman–Crippen MR) is 58.5 cm³/mol. The molecule has 5 nitrogen and oxygen atoms in total. The zero-order valence-electron chi connectivity index (χ0n) is 8.90. The van der Waals surface area contributed by atoms with Crippen LogP contribution in [0, 0.1) is 0 Å². The van der Waals surface area contributed by atoms with Gasteiger partial charge in [-0.1, -0.05) is 6.92 Å². The number of carbonyl (C=O) groups excluding carboxylic acids is 1. The van der Waals surface area contributed by atoms with Crippen molar-refractivity contribution < 1.29 is 14.7 Å². The molecule has 0 aromatic heterocycles. The van der Waals surface area contributed by atoms with Crippen LogP contribution in [0.3, 0.4) is 0 Å². The third-order valence-corrected chi connectivity index (χ3v) is 3.66. The van der Waals surface area contributed by atoms with Crippen LogP contribution in [-0.4, -0.2) is 45.1 Å². The topological polar surface area (TPSA) is 83.6 Å². The molecule has 2 unspecified atom stereocenters. The van der Waals surface area contributed by atoms with Gasteiger partial charge in [-0.15, -0.1) is 11.8 Å². The van der Waals surface area contributed by atoms with E-state index in [-0.39, 0.29) is 5.91 Å². The highest BCUT2D eigenvalue weighted by Crippen LogP contribution is 2.24. The summed E-state index contributed by atoms with van der Waals surface area (Å²) in [6.45, 7) is 3.45. The molecule has 1 aliphatic heterocycles. The van der Waals surface area contributed by atoms with Crippen molar-refractivity contribution in [3.8, 4) is 0 Å². The fourth-order valence-corrected chi connectivity index (χ4v) is 2.47. The molecule has 1 fully saturated rings. The summed E-state index contributed by atoms with van der Waals surface area (Å²) in [6.07, 6.45) is 0.499. The van der Waals surface area contributed by atoms with Gasteiger partial charge in [0, 0.05) is 5.75 Å². The highest BCUT2D eigenvalue weighted by atomic mass is 32.2. The fourth-order valence-electron chi connectivity index (χ4n) is 1.33. The van der Waals surface area contributed by atoms with Crippen molar-refractivity contribution in [2.24, 2.45) is 5.73 Å². The summed E-state index contributed by atoms with van der Waals surface area (Å²) in [5.41, 5.74) is 4.85. The van der Waals surface area contributed by atoms with Gasteiger partial charge in [-0.25, -0.2) is 4.79 Å². The smallest absolute Gasteiger partial charge is 0.327 e. The molecule has 0 radical (unpaired) electrons. The van der Waals surface area contributed by atoms with E-state index in [1.54, 1.807) is 6.92 Å². The van der Waals surface area contributed by atoms with Gasteiger partial charge in [-0.3, -0.25) is 4.79 Å². The lowest BCUT2D eigenvalue weighted by molar-refractivity contribution is -0.149. The van der Waals surface area contributed by atoms with Crippen LogP contribution in [0.2, 0.25) is 0 Å². The Labute approximate surface area is 93.0 Å². The second kappa shape index (κ2) is 4.40. The van der Waals surface area contributed by atoms with Crippen LogP contribution in [0.1, 0.15) is 20.3 Å². The summed E-state index contributed by atoms with van der Waals surface area (Å²) in [5.74, 6) is -0.369. The molecule has 15 heavy (non-hydrogen) atoms. The minimum atomic E-state index is -0.960. The molecule has 3 N–H and O–H groups in total. The number of thioether (sulfide) groups is 1. The Bertz CT molecular complexity index is 281. The van der Waals surface area contributed by atoms with E-state index in [9.17, 15) is 9.59 Å². The van der Waals surface area contributed by atoms with E-state index < -0.39 is 17.6 Å². The molecule has 6 heteroatoms. The number of hydrogen-bond acceptors (Lipinski definition) is 4. The quantitative estimate of drug-likeness (QED) is 0.721. The van der Waals surface area contributed by atoms with Gasteiger partial charge in [0.05, 0.1) is 11.4 Å². The largest absolute Gasteiger partial charge is 0.480 e. The molecule has 0 aromatic rings. The summed E-state index contributed by atoms with van der Waals surface area (Å²) in [6, 6.07) is -0.725. The zero-order valence-corrected chi connectivity index (χ0v) is 9.71. The first kappa shape index (κ1) is 12.3. The van der Waals surface area contributed by atoms with Crippen molar-refractivity contribution in [1.82, 2.24) is 4.90 Å². The molecule has 0 spiro atoms. The number of rotatable bonds is 3. The normalized spacial score (nSPS) is 25.0. The van der Waals surface area contributed by atoms with Gasteiger partial charge in [0.15, 0.2) is 0 Å². The zero-order chi connectivity index (χ0) is 11.6.